The summed E-state index contributed by atoms with van der Waals surface area (Å²) in [6.45, 7) is 1.60. The van der Waals surface area contributed by atoms with Crippen molar-refractivity contribution < 1.29 is 27.5 Å². The molecule has 0 unspecified atom stereocenters. The second-order valence-corrected chi connectivity index (χ2v) is 9.18. The highest BCUT2D eigenvalue weighted by Crippen LogP contribution is 2.31. The van der Waals surface area contributed by atoms with Gasteiger partial charge in [0.15, 0.2) is 16.1 Å². The zero-order valence-corrected chi connectivity index (χ0v) is 20.3. The Bertz CT molecular complexity index is 1190. The molecule has 0 aliphatic carbocycles. The summed E-state index contributed by atoms with van der Waals surface area (Å²) in [6.07, 6.45) is -4.46. The largest absolute Gasteiger partial charge is 0.486 e. The number of ether oxygens (including phenoxy) is 1. The number of hydrogen-bond donors (Lipinski definition) is 1. The van der Waals surface area contributed by atoms with E-state index in [4.69, 9.17) is 4.74 Å². The lowest BCUT2D eigenvalue weighted by molar-refractivity contribution is -0.137. The predicted octanol–water partition coefficient (Wildman–Crippen LogP) is 3.61. The van der Waals surface area contributed by atoms with Crippen LogP contribution < -0.4 is 10.1 Å². The fourth-order valence-electron chi connectivity index (χ4n) is 2.64. The molecule has 3 rings (SSSR count). The van der Waals surface area contributed by atoms with E-state index < -0.39 is 11.7 Å². The molecule has 0 saturated carbocycles. The maximum Gasteiger partial charge on any atom is 0.416 e. The van der Waals surface area contributed by atoms with Gasteiger partial charge in [-0.2, -0.15) is 13.2 Å². The summed E-state index contributed by atoms with van der Waals surface area (Å²) >= 11 is 2.22. The minimum Gasteiger partial charge on any atom is -0.486 e. The number of thioether (sulfide) groups is 1. The molecule has 0 aliphatic heterocycles. The standard InChI is InChI=1S/C20H21F3N6O3S2/c1-11-16(17(31)28(2)3)34-18(24-11)25-15(30)10-33-19-27-26-14(29(19)4)9-32-13-7-5-6-12(8-13)20(21,22)23/h5-8H,9-10H2,1-4H3,(H,24,25,30). The number of alkyl halides is 3. The summed E-state index contributed by atoms with van der Waals surface area (Å²) in [5.74, 6) is -0.0908. The van der Waals surface area contributed by atoms with Gasteiger partial charge in [0, 0.05) is 21.1 Å². The number of aromatic nitrogens is 4. The van der Waals surface area contributed by atoms with Crippen molar-refractivity contribution >= 4 is 40.0 Å². The van der Waals surface area contributed by atoms with Crippen molar-refractivity contribution in [3.05, 3.63) is 46.2 Å². The van der Waals surface area contributed by atoms with Crippen LogP contribution >= 0.6 is 23.1 Å². The quantitative estimate of drug-likeness (QED) is 0.458. The van der Waals surface area contributed by atoms with Gasteiger partial charge in [-0.15, -0.1) is 10.2 Å². The van der Waals surface area contributed by atoms with Gasteiger partial charge in [0.1, 0.15) is 17.2 Å². The average Bonchev–Trinajstić information content (AvgIpc) is 3.31. The lowest BCUT2D eigenvalue weighted by Gasteiger charge is -2.10. The third-order valence-electron chi connectivity index (χ3n) is 4.43. The Labute approximate surface area is 201 Å². The Morgan fingerprint density at radius 1 is 1.26 bits per heavy atom. The third kappa shape index (κ3) is 6.26. The molecule has 3 aromatic rings. The van der Waals surface area contributed by atoms with E-state index in [2.05, 4.69) is 20.5 Å². The van der Waals surface area contributed by atoms with Crippen LogP contribution in [0.1, 0.15) is 26.8 Å². The molecular weight excluding hydrogens is 493 g/mol. The van der Waals surface area contributed by atoms with Crippen molar-refractivity contribution in [2.45, 2.75) is 24.9 Å². The minimum atomic E-state index is -4.46. The number of carbonyl (C=O) groups excluding carboxylic acids is 2. The SMILES string of the molecule is Cc1nc(NC(=O)CSc2nnc(COc3cccc(C(F)(F)F)c3)n2C)sc1C(=O)N(C)C. The zero-order valence-electron chi connectivity index (χ0n) is 18.6. The number of hydrogen-bond acceptors (Lipinski definition) is 8. The Morgan fingerprint density at radius 2 is 2.00 bits per heavy atom. The molecule has 0 spiro atoms. The van der Waals surface area contributed by atoms with Crippen LogP contribution in [0.25, 0.3) is 0 Å². The number of rotatable bonds is 8. The number of anilines is 1. The molecule has 0 saturated heterocycles. The van der Waals surface area contributed by atoms with E-state index in [9.17, 15) is 22.8 Å². The Balaban J connectivity index is 1.55. The molecule has 0 fully saturated rings. The average molecular weight is 515 g/mol. The van der Waals surface area contributed by atoms with E-state index in [0.717, 1.165) is 35.2 Å². The van der Waals surface area contributed by atoms with Crippen LogP contribution in [-0.2, 0) is 24.6 Å². The van der Waals surface area contributed by atoms with Gasteiger partial charge < -0.3 is 19.5 Å². The first kappa shape index (κ1) is 25.5. The molecule has 34 heavy (non-hydrogen) atoms. The highest BCUT2D eigenvalue weighted by Gasteiger charge is 2.30. The van der Waals surface area contributed by atoms with Crippen molar-refractivity contribution in [3.63, 3.8) is 0 Å². The normalized spacial score (nSPS) is 11.4. The van der Waals surface area contributed by atoms with Gasteiger partial charge in [0.2, 0.25) is 5.91 Å². The first-order chi connectivity index (χ1) is 16.0. The molecule has 2 amide bonds. The minimum absolute atomic E-state index is 0.00997. The number of aryl methyl sites for hydroxylation is 1. The Hall–Kier alpha value is -3.13. The fraction of sp³-hybridized carbons (Fsp3) is 0.350. The monoisotopic (exact) mass is 514 g/mol. The zero-order chi connectivity index (χ0) is 25.0. The molecular formula is C20H21F3N6O3S2. The van der Waals surface area contributed by atoms with Crippen molar-refractivity contribution in [3.8, 4) is 5.75 Å². The van der Waals surface area contributed by atoms with Crippen molar-refractivity contribution in [1.29, 1.82) is 0 Å². The summed E-state index contributed by atoms with van der Waals surface area (Å²) in [5.41, 5.74) is -0.274. The molecule has 1 N–H and O–H groups in total. The first-order valence-electron chi connectivity index (χ1n) is 9.75. The van der Waals surface area contributed by atoms with Crippen LogP contribution in [0.2, 0.25) is 0 Å². The topological polar surface area (TPSA) is 102 Å². The second-order valence-electron chi connectivity index (χ2n) is 7.24. The smallest absolute Gasteiger partial charge is 0.416 e. The van der Waals surface area contributed by atoms with Crippen LogP contribution in [0.4, 0.5) is 18.3 Å². The van der Waals surface area contributed by atoms with Crippen molar-refractivity contribution in [2.24, 2.45) is 7.05 Å². The maximum atomic E-state index is 12.8. The van der Waals surface area contributed by atoms with Gasteiger partial charge >= 0.3 is 6.18 Å². The van der Waals surface area contributed by atoms with Gasteiger partial charge in [-0.3, -0.25) is 9.59 Å². The van der Waals surface area contributed by atoms with Crippen LogP contribution in [0.15, 0.2) is 29.4 Å². The molecule has 0 aliphatic rings. The van der Waals surface area contributed by atoms with Gasteiger partial charge in [-0.05, 0) is 25.1 Å². The lowest BCUT2D eigenvalue weighted by Crippen LogP contribution is -2.21. The van der Waals surface area contributed by atoms with Crippen LogP contribution in [0.3, 0.4) is 0 Å². The molecule has 14 heteroatoms. The highest BCUT2D eigenvalue weighted by molar-refractivity contribution is 7.99. The number of halogens is 3. The Kier molecular flexibility index (Phi) is 7.82. The van der Waals surface area contributed by atoms with E-state index in [0.29, 0.717) is 26.7 Å². The number of carbonyl (C=O) groups is 2. The fourth-order valence-corrected chi connectivity index (χ4v) is 4.38. The number of nitrogens with one attached hydrogen (secondary N) is 1. The highest BCUT2D eigenvalue weighted by atomic mass is 32.2. The number of nitrogens with zero attached hydrogens (tertiary/aromatic N) is 5. The summed E-state index contributed by atoms with van der Waals surface area (Å²) in [5, 5.41) is 11.4. The van der Waals surface area contributed by atoms with Crippen LogP contribution in [-0.4, -0.2) is 56.3 Å². The summed E-state index contributed by atoms with van der Waals surface area (Å²) < 4.78 is 45.5. The molecule has 182 valence electrons. The van der Waals surface area contributed by atoms with Gasteiger partial charge in [0.25, 0.3) is 5.91 Å². The number of benzene rings is 1. The van der Waals surface area contributed by atoms with E-state index in [-0.39, 0.29) is 29.9 Å². The molecule has 2 heterocycles. The molecule has 1 aromatic carbocycles. The number of amides is 2. The lowest BCUT2D eigenvalue weighted by atomic mass is 10.2. The predicted molar refractivity (Wildman–Crippen MR) is 121 cm³/mol. The summed E-state index contributed by atoms with van der Waals surface area (Å²) in [6, 6.07) is 4.55. The summed E-state index contributed by atoms with van der Waals surface area (Å²) in [4.78, 5) is 30.5. The van der Waals surface area contributed by atoms with E-state index >= 15 is 0 Å². The second kappa shape index (κ2) is 10.4. The van der Waals surface area contributed by atoms with Crippen molar-refractivity contribution in [2.75, 3.05) is 25.2 Å². The van der Waals surface area contributed by atoms with E-state index in [1.807, 2.05) is 0 Å². The molecule has 2 aromatic heterocycles. The van der Waals surface area contributed by atoms with Gasteiger partial charge in [-0.1, -0.05) is 29.2 Å². The van der Waals surface area contributed by atoms with Crippen molar-refractivity contribution in [1.82, 2.24) is 24.6 Å². The molecule has 0 atom stereocenters. The molecule has 0 bridgehead atoms. The van der Waals surface area contributed by atoms with E-state index in [1.54, 1.807) is 32.6 Å². The van der Waals surface area contributed by atoms with Gasteiger partial charge in [-0.25, -0.2) is 4.98 Å². The maximum absolute atomic E-state index is 12.8. The molecule has 9 nitrogen and oxygen atoms in total. The first-order valence-corrected chi connectivity index (χ1v) is 11.6. The van der Waals surface area contributed by atoms with E-state index in [1.165, 1.54) is 17.0 Å². The summed E-state index contributed by atoms with van der Waals surface area (Å²) in [7, 11) is 4.93. The van der Waals surface area contributed by atoms with Crippen LogP contribution in [0, 0.1) is 6.92 Å². The number of thiazole rings is 1. The third-order valence-corrected chi connectivity index (χ3v) is 6.51. The van der Waals surface area contributed by atoms with Gasteiger partial charge in [0.05, 0.1) is 17.0 Å². The molecule has 0 radical (unpaired) electrons. The Morgan fingerprint density at radius 3 is 2.68 bits per heavy atom. The van der Waals surface area contributed by atoms with Crippen LogP contribution in [0.5, 0.6) is 5.75 Å².